The Morgan fingerprint density at radius 1 is 1.12 bits per heavy atom. The van der Waals surface area contributed by atoms with Crippen molar-refractivity contribution in [1.29, 1.82) is 0 Å². The Morgan fingerprint density at radius 2 is 1.92 bits per heavy atom. The van der Waals surface area contributed by atoms with Crippen LogP contribution in [0.5, 0.6) is 0 Å². The average Bonchev–Trinajstić information content (AvgIpc) is 2.64. The highest BCUT2D eigenvalue weighted by molar-refractivity contribution is 6.07. The SMILES string of the molecule is Cc1cccc(C(=O)N2CCCc3cc(C(=O)NCC(C)C)ccc32)c1. The van der Waals surface area contributed by atoms with Crippen molar-refractivity contribution in [3.8, 4) is 0 Å². The van der Waals surface area contributed by atoms with Crippen LogP contribution in [0.15, 0.2) is 42.5 Å². The first-order valence-electron chi connectivity index (χ1n) is 9.25. The fraction of sp³-hybridized carbons (Fsp3) is 0.364. The van der Waals surface area contributed by atoms with Crippen LogP contribution >= 0.6 is 0 Å². The Kier molecular flexibility index (Phi) is 5.40. The quantitative estimate of drug-likeness (QED) is 0.907. The van der Waals surface area contributed by atoms with Gasteiger partial charge in [0.2, 0.25) is 0 Å². The van der Waals surface area contributed by atoms with Gasteiger partial charge in [-0.3, -0.25) is 9.59 Å². The minimum absolute atomic E-state index is 0.0201. The zero-order chi connectivity index (χ0) is 18.7. The van der Waals surface area contributed by atoms with Crippen LogP contribution in [-0.4, -0.2) is 24.9 Å². The van der Waals surface area contributed by atoms with Gasteiger partial charge in [-0.15, -0.1) is 0 Å². The summed E-state index contributed by atoms with van der Waals surface area (Å²) in [5.74, 6) is 0.384. The Labute approximate surface area is 155 Å². The molecule has 1 aliphatic rings. The third-order valence-electron chi connectivity index (χ3n) is 4.64. The Balaban J connectivity index is 1.84. The van der Waals surface area contributed by atoms with Gasteiger partial charge in [-0.2, -0.15) is 0 Å². The van der Waals surface area contributed by atoms with E-state index in [0.29, 0.717) is 30.1 Å². The molecule has 0 saturated heterocycles. The first kappa shape index (κ1) is 18.2. The molecule has 0 spiro atoms. The molecular weight excluding hydrogens is 324 g/mol. The number of anilines is 1. The molecule has 0 aliphatic carbocycles. The lowest BCUT2D eigenvalue weighted by Crippen LogP contribution is -2.35. The van der Waals surface area contributed by atoms with Gasteiger partial charge in [-0.25, -0.2) is 0 Å². The van der Waals surface area contributed by atoms with Crippen LogP contribution in [0.3, 0.4) is 0 Å². The van der Waals surface area contributed by atoms with E-state index in [9.17, 15) is 9.59 Å². The standard InChI is InChI=1S/C22H26N2O2/c1-15(2)14-23-21(25)18-9-10-20-17(13-18)8-5-11-24(20)22(26)19-7-4-6-16(3)12-19/h4,6-7,9-10,12-13,15H,5,8,11,14H2,1-3H3,(H,23,25). The summed E-state index contributed by atoms with van der Waals surface area (Å²) in [6, 6.07) is 13.3. The largest absolute Gasteiger partial charge is 0.352 e. The molecule has 1 aliphatic heterocycles. The number of amides is 2. The summed E-state index contributed by atoms with van der Waals surface area (Å²) in [6.45, 7) is 7.50. The van der Waals surface area contributed by atoms with E-state index in [-0.39, 0.29) is 11.8 Å². The number of hydrogen-bond acceptors (Lipinski definition) is 2. The maximum atomic E-state index is 13.0. The van der Waals surface area contributed by atoms with Gasteiger partial charge < -0.3 is 10.2 Å². The summed E-state index contributed by atoms with van der Waals surface area (Å²) in [5.41, 5.74) is 4.42. The van der Waals surface area contributed by atoms with Crippen molar-refractivity contribution in [2.45, 2.75) is 33.6 Å². The van der Waals surface area contributed by atoms with Crippen LogP contribution in [0.2, 0.25) is 0 Å². The van der Waals surface area contributed by atoms with Gasteiger partial charge in [0.15, 0.2) is 0 Å². The van der Waals surface area contributed by atoms with E-state index in [1.807, 2.05) is 54.3 Å². The van der Waals surface area contributed by atoms with E-state index < -0.39 is 0 Å². The summed E-state index contributed by atoms with van der Waals surface area (Å²) >= 11 is 0. The number of carbonyl (C=O) groups excluding carboxylic acids is 2. The average molecular weight is 350 g/mol. The van der Waals surface area contributed by atoms with Crippen molar-refractivity contribution < 1.29 is 9.59 Å². The third-order valence-corrected chi connectivity index (χ3v) is 4.64. The van der Waals surface area contributed by atoms with Crippen LogP contribution in [0.25, 0.3) is 0 Å². The molecule has 3 rings (SSSR count). The summed E-state index contributed by atoms with van der Waals surface area (Å²) < 4.78 is 0. The van der Waals surface area contributed by atoms with E-state index >= 15 is 0 Å². The number of carbonyl (C=O) groups is 2. The maximum absolute atomic E-state index is 13.0. The summed E-state index contributed by atoms with van der Waals surface area (Å²) in [6.07, 6.45) is 1.79. The van der Waals surface area contributed by atoms with Crippen LogP contribution in [0.1, 0.15) is 52.1 Å². The van der Waals surface area contributed by atoms with E-state index in [1.165, 1.54) is 0 Å². The van der Waals surface area contributed by atoms with Crippen LogP contribution in [0.4, 0.5) is 5.69 Å². The number of aryl methyl sites for hydroxylation is 2. The number of fused-ring (bicyclic) bond motifs is 1. The molecular formula is C22H26N2O2. The minimum Gasteiger partial charge on any atom is -0.352 e. The lowest BCUT2D eigenvalue weighted by Gasteiger charge is -2.30. The summed E-state index contributed by atoms with van der Waals surface area (Å²) in [7, 11) is 0. The molecule has 1 N–H and O–H groups in total. The van der Waals surface area contributed by atoms with Crippen LogP contribution < -0.4 is 10.2 Å². The second-order valence-corrected chi connectivity index (χ2v) is 7.38. The van der Waals surface area contributed by atoms with Gasteiger partial charge in [0.1, 0.15) is 0 Å². The zero-order valence-electron chi connectivity index (χ0n) is 15.7. The molecule has 136 valence electrons. The molecule has 2 amide bonds. The van der Waals surface area contributed by atoms with Gasteiger partial charge in [-0.05, 0) is 61.6 Å². The van der Waals surface area contributed by atoms with Crippen molar-refractivity contribution in [3.63, 3.8) is 0 Å². The van der Waals surface area contributed by atoms with E-state index in [4.69, 9.17) is 0 Å². The molecule has 2 aromatic rings. The first-order valence-corrected chi connectivity index (χ1v) is 9.25. The highest BCUT2D eigenvalue weighted by Gasteiger charge is 2.24. The molecule has 0 radical (unpaired) electrons. The Hall–Kier alpha value is -2.62. The first-order chi connectivity index (χ1) is 12.5. The van der Waals surface area contributed by atoms with Crippen molar-refractivity contribution in [2.75, 3.05) is 18.0 Å². The fourth-order valence-electron chi connectivity index (χ4n) is 3.28. The Bertz CT molecular complexity index is 827. The van der Waals surface area contributed by atoms with Crippen LogP contribution in [-0.2, 0) is 6.42 Å². The van der Waals surface area contributed by atoms with Gasteiger partial charge in [0.25, 0.3) is 11.8 Å². The van der Waals surface area contributed by atoms with E-state index in [1.54, 1.807) is 0 Å². The molecule has 0 fully saturated rings. The summed E-state index contributed by atoms with van der Waals surface area (Å²) in [5, 5.41) is 2.95. The topological polar surface area (TPSA) is 49.4 Å². The van der Waals surface area contributed by atoms with Crippen molar-refractivity contribution in [2.24, 2.45) is 5.92 Å². The van der Waals surface area contributed by atoms with E-state index in [0.717, 1.165) is 29.7 Å². The number of rotatable bonds is 4. The van der Waals surface area contributed by atoms with Crippen molar-refractivity contribution in [1.82, 2.24) is 5.32 Å². The van der Waals surface area contributed by atoms with Gasteiger partial charge in [0.05, 0.1) is 0 Å². The minimum atomic E-state index is -0.0522. The second kappa shape index (κ2) is 7.73. The molecule has 4 heteroatoms. The number of hydrogen-bond donors (Lipinski definition) is 1. The Morgan fingerprint density at radius 3 is 2.65 bits per heavy atom. The van der Waals surface area contributed by atoms with E-state index in [2.05, 4.69) is 19.2 Å². The van der Waals surface area contributed by atoms with Crippen LogP contribution in [0, 0.1) is 12.8 Å². The molecule has 1 heterocycles. The molecule has 4 nitrogen and oxygen atoms in total. The normalized spacial score (nSPS) is 13.5. The molecule has 0 saturated carbocycles. The maximum Gasteiger partial charge on any atom is 0.258 e. The zero-order valence-corrected chi connectivity index (χ0v) is 15.7. The number of nitrogens with zero attached hydrogens (tertiary/aromatic N) is 1. The number of nitrogens with one attached hydrogen (secondary N) is 1. The molecule has 0 atom stereocenters. The van der Waals surface area contributed by atoms with Gasteiger partial charge >= 0.3 is 0 Å². The molecule has 0 aromatic heterocycles. The monoisotopic (exact) mass is 350 g/mol. The molecule has 2 aromatic carbocycles. The molecule has 26 heavy (non-hydrogen) atoms. The smallest absolute Gasteiger partial charge is 0.258 e. The van der Waals surface area contributed by atoms with Crippen molar-refractivity contribution >= 4 is 17.5 Å². The van der Waals surface area contributed by atoms with Crippen molar-refractivity contribution in [3.05, 3.63) is 64.7 Å². The lowest BCUT2D eigenvalue weighted by molar-refractivity contribution is 0.0948. The highest BCUT2D eigenvalue weighted by atomic mass is 16.2. The molecule has 0 unspecified atom stereocenters. The number of benzene rings is 2. The second-order valence-electron chi connectivity index (χ2n) is 7.38. The predicted molar refractivity (Wildman–Crippen MR) is 105 cm³/mol. The fourth-order valence-corrected chi connectivity index (χ4v) is 3.28. The molecule has 0 bridgehead atoms. The van der Waals surface area contributed by atoms with Gasteiger partial charge in [0, 0.05) is 29.9 Å². The third kappa shape index (κ3) is 3.96. The van der Waals surface area contributed by atoms with Gasteiger partial charge in [-0.1, -0.05) is 31.5 Å². The predicted octanol–water partition coefficient (Wildman–Crippen LogP) is 3.97. The summed E-state index contributed by atoms with van der Waals surface area (Å²) in [4.78, 5) is 27.1. The lowest BCUT2D eigenvalue weighted by atomic mass is 9.98. The highest BCUT2D eigenvalue weighted by Crippen LogP contribution is 2.29.